The lowest BCUT2D eigenvalue weighted by Crippen LogP contribution is -2.30. The third-order valence-electron chi connectivity index (χ3n) is 5.24. The Morgan fingerprint density at radius 1 is 1.28 bits per heavy atom. The summed E-state index contributed by atoms with van der Waals surface area (Å²) in [4.78, 5) is 14.6. The zero-order valence-corrected chi connectivity index (χ0v) is 17.8. The van der Waals surface area contributed by atoms with Crippen LogP contribution in [0.4, 0.5) is 5.69 Å². The van der Waals surface area contributed by atoms with Gasteiger partial charge in [0.05, 0.1) is 12.8 Å². The standard InChI is InChI=1S/C23H24N2O3S/c1-13(2)15-5-7-18(8-6-15)25-22(26)19(24-23(25)29)10-17-12-21-16(9-14(3)28-21)11-20(17)27-4/h5-8,10-14H,9H2,1-4H3,(H,24,29)/b19-10-. The highest BCUT2D eigenvalue weighted by atomic mass is 32.1. The second kappa shape index (κ2) is 7.52. The maximum absolute atomic E-state index is 13.1. The molecule has 1 fully saturated rings. The van der Waals surface area contributed by atoms with Crippen molar-refractivity contribution in [3.8, 4) is 11.5 Å². The van der Waals surface area contributed by atoms with Gasteiger partial charge in [0.1, 0.15) is 23.3 Å². The monoisotopic (exact) mass is 408 g/mol. The predicted molar refractivity (Wildman–Crippen MR) is 119 cm³/mol. The van der Waals surface area contributed by atoms with E-state index in [4.69, 9.17) is 21.7 Å². The van der Waals surface area contributed by atoms with Gasteiger partial charge in [-0.1, -0.05) is 26.0 Å². The lowest BCUT2D eigenvalue weighted by atomic mass is 10.0. The Hall–Kier alpha value is -2.86. The van der Waals surface area contributed by atoms with Gasteiger partial charge in [0, 0.05) is 17.5 Å². The van der Waals surface area contributed by atoms with Crippen molar-refractivity contribution in [3.05, 3.63) is 58.8 Å². The first-order chi connectivity index (χ1) is 13.9. The number of methoxy groups -OCH3 is 1. The number of hydrogen-bond donors (Lipinski definition) is 1. The van der Waals surface area contributed by atoms with E-state index in [1.807, 2.05) is 43.3 Å². The van der Waals surface area contributed by atoms with Crippen molar-refractivity contribution in [2.24, 2.45) is 0 Å². The number of amides is 1. The normalized spacial score (nSPS) is 19.6. The minimum absolute atomic E-state index is 0.140. The molecule has 0 radical (unpaired) electrons. The number of benzene rings is 2. The van der Waals surface area contributed by atoms with Gasteiger partial charge < -0.3 is 14.8 Å². The molecule has 2 aromatic carbocycles. The molecule has 0 aliphatic carbocycles. The molecule has 1 saturated heterocycles. The average Bonchev–Trinajstić information content (AvgIpc) is 3.18. The quantitative estimate of drug-likeness (QED) is 0.600. The van der Waals surface area contributed by atoms with Gasteiger partial charge in [0.2, 0.25) is 0 Å². The van der Waals surface area contributed by atoms with Crippen LogP contribution >= 0.6 is 12.2 Å². The number of carbonyl (C=O) groups is 1. The third-order valence-corrected chi connectivity index (χ3v) is 5.53. The Balaban J connectivity index is 1.65. The Labute approximate surface area is 176 Å². The molecule has 29 heavy (non-hydrogen) atoms. The van der Waals surface area contributed by atoms with E-state index in [-0.39, 0.29) is 12.0 Å². The van der Waals surface area contributed by atoms with E-state index in [1.165, 1.54) is 10.5 Å². The van der Waals surface area contributed by atoms with Gasteiger partial charge in [-0.05, 0) is 61.0 Å². The Morgan fingerprint density at radius 2 is 2.00 bits per heavy atom. The van der Waals surface area contributed by atoms with Crippen molar-refractivity contribution in [1.82, 2.24) is 5.32 Å². The molecule has 0 aromatic heterocycles. The van der Waals surface area contributed by atoms with E-state index in [0.29, 0.717) is 22.5 Å². The first-order valence-corrected chi connectivity index (χ1v) is 10.1. The van der Waals surface area contributed by atoms with E-state index in [9.17, 15) is 4.79 Å². The molecule has 1 atom stereocenters. The van der Waals surface area contributed by atoms with E-state index < -0.39 is 0 Å². The van der Waals surface area contributed by atoms with Crippen LogP contribution in [0, 0.1) is 0 Å². The van der Waals surface area contributed by atoms with E-state index in [2.05, 4.69) is 19.2 Å². The molecule has 1 unspecified atom stereocenters. The Morgan fingerprint density at radius 3 is 2.66 bits per heavy atom. The lowest BCUT2D eigenvalue weighted by molar-refractivity contribution is -0.113. The zero-order chi connectivity index (χ0) is 20.7. The second-order valence-corrected chi connectivity index (χ2v) is 8.10. The van der Waals surface area contributed by atoms with Crippen LogP contribution in [0.1, 0.15) is 43.4 Å². The largest absolute Gasteiger partial charge is 0.496 e. The molecule has 2 aromatic rings. The minimum Gasteiger partial charge on any atom is -0.496 e. The lowest BCUT2D eigenvalue weighted by Gasteiger charge is -2.15. The van der Waals surface area contributed by atoms with Crippen LogP contribution in [-0.4, -0.2) is 24.2 Å². The number of nitrogens with one attached hydrogen (secondary N) is 1. The molecule has 4 rings (SSSR count). The molecule has 2 heterocycles. The van der Waals surface area contributed by atoms with Gasteiger partial charge >= 0.3 is 0 Å². The number of rotatable bonds is 4. The summed E-state index contributed by atoms with van der Waals surface area (Å²) in [5.41, 5.74) is 4.26. The van der Waals surface area contributed by atoms with Crippen molar-refractivity contribution in [2.75, 3.05) is 12.0 Å². The van der Waals surface area contributed by atoms with E-state index in [1.54, 1.807) is 13.2 Å². The van der Waals surface area contributed by atoms with Gasteiger partial charge in [0.25, 0.3) is 5.91 Å². The van der Waals surface area contributed by atoms with Crippen molar-refractivity contribution >= 4 is 35.0 Å². The molecule has 2 aliphatic heterocycles. The van der Waals surface area contributed by atoms with Crippen LogP contribution < -0.4 is 19.7 Å². The SMILES string of the molecule is COc1cc2c(cc1/C=C1\NC(=S)N(c3ccc(C(C)C)cc3)C1=O)OC(C)C2. The van der Waals surface area contributed by atoms with Crippen LogP contribution in [0.15, 0.2) is 42.1 Å². The summed E-state index contributed by atoms with van der Waals surface area (Å²) in [6.07, 6.45) is 2.76. The summed E-state index contributed by atoms with van der Waals surface area (Å²) in [6, 6.07) is 11.8. The fraction of sp³-hybridized carbons (Fsp3) is 0.304. The Kier molecular flexibility index (Phi) is 5.04. The molecule has 0 saturated carbocycles. The fourth-order valence-electron chi connectivity index (χ4n) is 3.68. The molecule has 1 N–H and O–H groups in total. The summed E-state index contributed by atoms with van der Waals surface area (Å²) < 4.78 is 11.4. The number of nitrogens with zero attached hydrogens (tertiary/aromatic N) is 1. The predicted octanol–water partition coefficient (Wildman–Crippen LogP) is 4.40. The van der Waals surface area contributed by atoms with Crippen molar-refractivity contribution in [3.63, 3.8) is 0 Å². The maximum atomic E-state index is 13.1. The summed E-state index contributed by atoms with van der Waals surface area (Å²) >= 11 is 5.43. The minimum atomic E-state index is -0.191. The first-order valence-electron chi connectivity index (χ1n) is 9.72. The molecule has 5 nitrogen and oxygen atoms in total. The molecule has 2 aliphatic rings. The molecule has 1 amide bonds. The van der Waals surface area contributed by atoms with Crippen LogP contribution in [0.25, 0.3) is 6.08 Å². The van der Waals surface area contributed by atoms with Crippen LogP contribution in [0.3, 0.4) is 0 Å². The van der Waals surface area contributed by atoms with Gasteiger partial charge in [-0.2, -0.15) is 0 Å². The smallest absolute Gasteiger partial charge is 0.281 e. The number of ether oxygens (including phenoxy) is 2. The maximum Gasteiger partial charge on any atom is 0.281 e. The number of carbonyl (C=O) groups excluding carboxylic acids is 1. The molecule has 6 heteroatoms. The molecule has 0 bridgehead atoms. The average molecular weight is 409 g/mol. The summed E-state index contributed by atoms with van der Waals surface area (Å²) in [6.45, 7) is 6.31. The van der Waals surface area contributed by atoms with Crippen LogP contribution in [0.5, 0.6) is 11.5 Å². The topological polar surface area (TPSA) is 50.8 Å². The van der Waals surface area contributed by atoms with Crippen LogP contribution in [0.2, 0.25) is 0 Å². The van der Waals surface area contributed by atoms with Crippen LogP contribution in [-0.2, 0) is 11.2 Å². The molecule has 150 valence electrons. The number of hydrogen-bond acceptors (Lipinski definition) is 4. The highest BCUT2D eigenvalue weighted by molar-refractivity contribution is 7.80. The molecule has 0 spiro atoms. The zero-order valence-electron chi connectivity index (χ0n) is 17.0. The van der Waals surface area contributed by atoms with Gasteiger partial charge in [-0.3, -0.25) is 9.69 Å². The number of anilines is 1. The molecular weight excluding hydrogens is 384 g/mol. The first kappa shape index (κ1) is 19.5. The summed E-state index contributed by atoms with van der Waals surface area (Å²) in [7, 11) is 1.63. The van der Waals surface area contributed by atoms with Crippen molar-refractivity contribution < 1.29 is 14.3 Å². The molecular formula is C23H24N2O3S. The second-order valence-electron chi connectivity index (χ2n) is 7.71. The van der Waals surface area contributed by atoms with Gasteiger partial charge in [-0.25, -0.2) is 0 Å². The number of thiocarbonyl (C=S) groups is 1. The van der Waals surface area contributed by atoms with E-state index >= 15 is 0 Å². The fourth-order valence-corrected chi connectivity index (χ4v) is 3.98. The van der Waals surface area contributed by atoms with Crippen molar-refractivity contribution in [1.29, 1.82) is 0 Å². The van der Waals surface area contributed by atoms with E-state index in [0.717, 1.165) is 29.0 Å². The number of fused-ring (bicyclic) bond motifs is 1. The van der Waals surface area contributed by atoms with Gasteiger partial charge in [-0.15, -0.1) is 0 Å². The summed E-state index contributed by atoms with van der Waals surface area (Å²) in [5.74, 6) is 1.77. The summed E-state index contributed by atoms with van der Waals surface area (Å²) in [5, 5.41) is 3.40. The highest BCUT2D eigenvalue weighted by Gasteiger charge is 2.32. The third kappa shape index (κ3) is 3.60. The van der Waals surface area contributed by atoms with Gasteiger partial charge in [0.15, 0.2) is 5.11 Å². The Bertz CT molecular complexity index is 1010. The van der Waals surface area contributed by atoms with Crippen molar-refractivity contribution in [2.45, 2.75) is 39.2 Å². The highest BCUT2D eigenvalue weighted by Crippen LogP contribution is 2.36.